The summed E-state index contributed by atoms with van der Waals surface area (Å²) >= 11 is 0. The Balaban J connectivity index is 1.95. The van der Waals surface area contributed by atoms with Gasteiger partial charge in [0.2, 0.25) is 0 Å². The van der Waals surface area contributed by atoms with Crippen LogP contribution in [0.1, 0.15) is 83.3 Å². The van der Waals surface area contributed by atoms with Gasteiger partial charge < -0.3 is 9.84 Å². The molecule has 0 radical (unpaired) electrons. The monoisotopic (exact) mass is 330 g/mol. The SMILES string of the molecule is CCCCCc1cc(O)c2c(c1)OC1CC2C(C(C)C)CC[C@H]1C. The predicted octanol–water partition coefficient (Wildman–Crippen LogP) is 6.06. The average Bonchev–Trinajstić information content (AvgIpc) is 2.65. The van der Waals surface area contributed by atoms with Crippen molar-refractivity contribution in [2.24, 2.45) is 17.8 Å². The molecule has 134 valence electrons. The predicted molar refractivity (Wildman–Crippen MR) is 99.8 cm³/mol. The van der Waals surface area contributed by atoms with E-state index < -0.39 is 0 Å². The Bertz CT molecular complexity index is 563. The molecular formula is C22H34O2. The molecule has 3 rings (SSSR count). The van der Waals surface area contributed by atoms with Crippen LogP contribution < -0.4 is 4.74 Å². The van der Waals surface area contributed by atoms with Gasteiger partial charge in [-0.15, -0.1) is 0 Å². The van der Waals surface area contributed by atoms with Crippen LogP contribution in [-0.2, 0) is 6.42 Å². The normalized spacial score (nSPS) is 29.0. The molecule has 1 N–H and O–H groups in total. The maximum absolute atomic E-state index is 10.8. The Morgan fingerprint density at radius 3 is 2.71 bits per heavy atom. The second-order valence-electron chi connectivity index (χ2n) is 8.44. The van der Waals surface area contributed by atoms with Crippen LogP contribution in [-0.4, -0.2) is 11.2 Å². The lowest BCUT2D eigenvalue weighted by Crippen LogP contribution is -2.31. The number of phenolic OH excluding ortho intramolecular Hbond substituents is 1. The Hall–Kier alpha value is -1.18. The van der Waals surface area contributed by atoms with Crippen molar-refractivity contribution in [1.82, 2.24) is 0 Å². The first kappa shape index (κ1) is 17.6. The minimum Gasteiger partial charge on any atom is -0.508 e. The molecule has 1 fully saturated rings. The summed E-state index contributed by atoms with van der Waals surface area (Å²) in [5.74, 6) is 3.81. The summed E-state index contributed by atoms with van der Waals surface area (Å²) < 4.78 is 6.39. The smallest absolute Gasteiger partial charge is 0.127 e. The van der Waals surface area contributed by atoms with Gasteiger partial charge in [0.1, 0.15) is 17.6 Å². The van der Waals surface area contributed by atoms with E-state index in [1.807, 2.05) is 6.07 Å². The van der Waals surface area contributed by atoms with E-state index in [4.69, 9.17) is 4.74 Å². The minimum atomic E-state index is 0.316. The summed E-state index contributed by atoms with van der Waals surface area (Å²) in [5, 5.41) is 10.8. The van der Waals surface area contributed by atoms with Crippen LogP contribution in [0.2, 0.25) is 0 Å². The molecule has 2 aliphatic rings. The number of fused-ring (bicyclic) bond motifs is 4. The second kappa shape index (κ2) is 7.37. The fraction of sp³-hybridized carbons (Fsp3) is 0.727. The van der Waals surface area contributed by atoms with Crippen LogP contribution in [0.4, 0.5) is 0 Å². The molecule has 0 saturated heterocycles. The number of aromatic hydroxyl groups is 1. The Labute approximate surface area is 147 Å². The van der Waals surface area contributed by atoms with Gasteiger partial charge in [0.15, 0.2) is 0 Å². The molecule has 1 aromatic carbocycles. The van der Waals surface area contributed by atoms with Gasteiger partial charge >= 0.3 is 0 Å². The summed E-state index contributed by atoms with van der Waals surface area (Å²) in [4.78, 5) is 0. The standard InChI is InChI=1S/C22H34O2/c1-5-6-7-8-16-11-19(23)22-18-13-20(24-21(22)12-16)15(4)9-10-17(18)14(2)3/h11-12,14-15,17-18,20,23H,5-10,13H2,1-4H3/t15-,17?,18?,20?/m1/s1. The fourth-order valence-electron chi connectivity index (χ4n) is 4.82. The van der Waals surface area contributed by atoms with Crippen molar-refractivity contribution in [1.29, 1.82) is 0 Å². The van der Waals surface area contributed by atoms with Gasteiger partial charge in [-0.25, -0.2) is 0 Å². The van der Waals surface area contributed by atoms with Crippen molar-refractivity contribution in [3.8, 4) is 11.5 Å². The Kier molecular flexibility index (Phi) is 5.42. The molecule has 2 heteroatoms. The van der Waals surface area contributed by atoms with Gasteiger partial charge in [0.05, 0.1) is 0 Å². The molecule has 0 spiro atoms. The third kappa shape index (κ3) is 3.43. The van der Waals surface area contributed by atoms with Gasteiger partial charge in [-0.05, 0) is 73.5 Å². The number of benzene rings is 1. The first-order valence-electron chi connectivity index (χ1n) is 10.0. The number of ether oxygens (including phenoxy) is 1. The van der Waals surface area contributed by atoms with Crippen molar-refractivity contribution in [3.05, 3.63) is 23.3 Å². The van der Waals surface area contributed by atoms with E-state index in [0.717, 1.165) is 24.2 Å². The van der Waals surface area contributed by atoms with Crippen LogP contribution in [0.25, 0.3) is 0 Å². The maximum atomic E-state index is 10.8. The third-order valence-electron chi connectivity index (χ3n) is 6.35. The number of unbranched alkanes of at least 4 members (excludes halogenated alkanes) is 2. The fourth-order valence-corrected chi connectivity index (χ4v) is 4.82. The van der Waals surface area contributed by atoms with Gasteiger partial charge in [0.25, 0.3) is 0 Å². The van der Waals surface area contributed by atoms with Crippen molar-refractivity contribution < 1.29 is 9.84 Å². The van der Waals surface area contributed by atoms with Crippen LogP contribution >= 0.6 is 0 Å². The van der Waals surface area contributed by atoms with Crippen molar-refractivity contribution >= 4 is 0 Å². The van der Waals surface area contributed by atoms with E-state index >= 15 is 0 Å². The highest BCUT2D eigenvalue weighted by molar-refractivity contribution is 5.51. The highest BCUT2D eigenvalue weighted by atomic mass is 16.5. The number of aryl methyl sites for hydroxylation is 1. The lowest BCUT2D eigenvalue weighted by Gasteiger charge is -2.37. The van der Waals surface area contributed by atoms with E-state index in [2.05, 4.69) is 33.8 Å². The number of phenols is 1. The summed E-state index contributed by atoms with van der Waals surface area (Å²) in [5.41, 5.74) is 2.32. The van der Waals surface area contributed by atoms with Gasteiger partial charge in [-0.2, -0.15) is 0 Å². The molecule has 2 nitrogen and oxygen atoms in total. The summed E-state index contributed by atoms with van der Waals surface area (Å²) in [7, 11) is 0. The van der Waals surface area contributed by atoms with E-state index in [-0.39, 0.29) is 0 Å². The molecule has 1 heterocycles. The van der Waals surface area contributed by atoms with Crippen LogP contribution in [0, 0.1) is 17.8 Å². The molecule has 0 aromatic heterocycles. The zero-order valence-electron chi connectivity index (χ0n) is 15.8. The number of hydrogen-bond acceptors (Lipinski definition) is 2. The molecule has 1 saturated carbocycles. The first-order valence-corrected chi connectivity index (χ1v) is 10.0. The molecule has 1 aliphatic heterocycles. The van der Waals surface area contributed by atoms with Crippen LogP contribution in [0.5, 0.6) is 11.5 Å². The highest BCUT2D eigenvalue weighted by Crippen LogP contribution is 2.52. The molecule has 4 atom stereocenters. The quantitative estimate of drug-likeness (QED) is 0.665. The Morgan fingerprint density at radius 1 is 1.21 bits per heavy atom. The van der Waals surface area contributed by atoms with Crippen LogP contribution in [0.15, 0.2) is 12.1 Å². The van der Waals surface area contributed by atoms with Crippen molar-refractivity contribution in [3.63, 3.8) is 0 Å². The topological polar surface area (TPSA) is 29.5 Å². The number of rotatable bonds is 5. The molecule has 24 heavy (non-hydrogen) atoms. The zero-order valence-corrected chi connectivity index (χ0v) is 15.8. The largest absolute Gasteiger partial charge is 0.508 e. The zero-order chi connectivity index (χ0) is 17.3. The maximum Gasteiger partial charge on any atom is 0.127 e. The highest BCUT2D eigenvalue weighted by Gasteiger charge is 2.41. The van der Waals surface area contributed by atoms with E-state index in [1.165, 1.54) is 37.7 Å². The summed E-state index contributed by atoms with van der Waals surface area (Å²) in [6.07, 6.45) is 8.57. The first-order chi connectivity index (χ1) is 11.5. The molecule has 2 bridgehead atoms. The summed E-state index contributed by atoms with van der Waals surface area (Å²) in [6, 6.07) is 4.23. The molecule has 0 amide bonds. The Morgan fingerprint density at radius 2 is 2.00 bits per heavy atom. The lowest BCUT2D eigenvalue weighted by molar-refractivity contribution is 0.107. The molecule has 1 aliphatic carbocycles. The average molecular weight is 331 g/mol. The van der Waals surface area contributed by atoms with E-state index in [9.17, 15) is 5.11 Å². The molecule has 3 unspecified atom stereocenters. The van der Waals surface area contributed by atoms with Crippen molar-refractivity contribution in [2.75, 3.05) is 0 Å². The minimum absolute atomic E-state index is 0.316. The summed E-state index contributed by atoms with van der Waals surface area (Å²) in [6.45, 7) is 9.23. The van der Waals surface area contributed by atoms with Crippen LogP contribution in [0.3, 0.4) is 0 Å². The molecular weight excluding hydrogens is 296 g/mol. The number of hydrogen-bond donors (Lipinski definition) is 1. The van der Waals surface area contributed by atoms with E-state index in [1.54, 1.807) is 0 Å². The third-order valence-corrected chi connectivity index (χ3v) is 6.35. The van der Waals surface area contributed by atoms with E-state index in [0.29, 0.717) is 35.5 Å². The van der Waals surface area contributed by atoms with Crippen molar-refractivity contribution in [2.45, 2.75) is 84.7 Å². The van der Waals surface area contributed by atoms with Gasteiger partial charge in [-0.1, -0.05) is 40.5 Å². The van der Waals surface area contributed by atoms with Gasteiger partial charge in [0, 0.05) is 5.56 Å². The lowest BCUT2D eigenvalue weighted by atomic mass is 9.74. The molecule has 1 aromatic rings. The second-order valence-corrected chi connectivity index (χ2v) is 8.44. The van der Waals surface area contributed by atoms with Gasteiger partial charge in [-0.3, -0.25) is 0 Å².